The summed E-state index contributed by atoms with van der Waals surface area (Å²) >= 11 is 12.0. The number of rotatable bonds is 4. The van der Waals surface area contributed by atoms with Crippen molar-refractivity contribution in [1.29, 1.82) is 0 Å². The molecule has 136 valence electrons. The Morgan fingerprint density at radius 3 is 1.93 bits per heavy atom. The predicted octanol–water partition coefficient (Wildman–Crippen LogP) is 5.14. The van der Waals surface area contributed by atoms with Gasteiger partial charge in [0.2, 0.25) is 0 Å². The van der Waals surface area contributed by atoms with Gasteiger partial charge in [-0.05, 0) is 37.3 Å². The van der Waals surface area contributed by atoms with Gasteiger partial charge in [-0.25, -0.2) is 9.59 Å². The van der Waals surface area contributed by atoms with E-state index in [-0.39, 0.29) is 22.6 Å². The molecular formula is C20H13Cl2NO4. The zero-order valence-electron chi connectivity index (χ0n) is 14.1. The van der Waals surface area contributed by atoms with Crippen molar-refractivity contribution in [3.05, 3.63) is 87.7 Å². The normalized spacial score (nSPS) is 10.3. The van der Waals surface area contributed by atoms with Crippen molar-refractivity contribution < 1.29 is 19.1 Å². The van der Waals surface area contributed by atoms with E-state index in [4.69, 9.17) is 32.7 Å². The second-order valence-corrected chi connectivity index (χ2v) is 6.31. The van der Waals surface area contributed by atoms with Crippen LogP contribution in [0.3, 0.4) is 0 Å². The van der Waals surface area contributed by atoms with E-state index in [0.29, 0.717) is 15.7 Å². The number of halogens is 2. The summed E-state index contributed by atoms with van der Waals surface area (Å²) in [5, 5.41) is 0.593. The molecule has 0 aliphatic heterocycles. The molecule has 0 atom stereocenters. The standard InChI is InChI=1S/C20H13Cl2NO4/c1-12-14(20(25)27-18-9-5-3-7-16(18)22)10-13(11-23-12)19(24)26-17-8-4-2-6-15(17)21/h2-11H,1H3. The van der Waals surface area contributed by atoms with Crippen LogP contribution < -0.4 is 9.47 Å². The van der Waals surface area contributed by atoms with Crippen LogP contribution in [0.2, 0.25) is 10.0 Å². The fraction of sp³-hybridized carbons (Fsp3) is 0.0500. The Morgan fingerprint density at radius 1 is 0.852 bits per heavy atom. The molecule has 1 heterocycles. The second kappa shape index (κ2) is 8.20. The first-order chi connectivity index (χ1) is 13.0. The lowest BCUT2D eigenvalue weighted by atomic mass is 10.1. The van der Waals surface area contributed by atoms with Gasteiger partial charge in [0.05, 0.1) is 26.9 Å². The Balaban J connectivity index is 1.83. The predicted molar refractivity (Wildman–Crippen MR) is 102 cm³/mol. The van der Waals surface area contributed by atoms with Gasteiger partial charge in [0, 0.05) is 6.20 Å². The largest absolute Gasteiger partial charge is 0.421 e. The van der Waals surface area contributed by atoms with Crippen LogP contribution in [0.1, 0.15) is 26.4 Å². The molecule has 0 spiro atoms. The highest BCUT2D eigenvalue weighted by molar-refractivity contribution is 6.32. The molecule has 0 N–H and O–H groups in total. The summed E-state index contributed by atoms with van der Waals surface area (Å²) in [6.45, 7) is 1.63. The fourth-order valence-electron chi connectivity index (χ4n) is 2.22. The van der Waals surface area contributed by atoms with Gasteiger partial charge in [-0.3, -0.25) is 4.98 Å². The molecule has 3 aromatic rings. The van der Waals surface area contributed by atoms with Crippen molar-refractivity contribution in [3.63, 3.8) is 0 Å². The van der Waals surface area contributed by atoms with Crippen LogP contribution in [0.5, 0.6) is 11.5 Å². The molecule has 27 heavy (non-hydrogen) atoms. The van der Waals surface area contributed by atoms with Gasteiger partial charge >= 0.3 is 11.9 Å². The summed E-state index contributed by atoms with van der Waals surface area (Å²) in [6, 6.07) is 14.5. The van der Waals surface area contributed by atoms with Gasteiger partial charge in [0.1, 0.15) is 11.5 Å². The zero-order chi connectivity index (χ0) is 19.4. The minimum Gasteiger partial charge on any atom is -0.421 e. The number of aryl methyl sites for hydroxylation is 1. The fourth-order valence-corrected chi connectivity index (χ4v) is 2.57. The number of pyridine rings is 1. The Kier molecular flexibility index (Phi) is 5.74. The lowest BCUT2D eigenvalue weighted by molar-refractivity contribution is 0.0733. The van der Waals surface area contributed by atoms with E-state index in [0.717, 1.165) is 0 Å². The molecule has 0 bridgehead atoms. The van der Waals surface area contributed by atoms with E-state index >= 15 is 0 Å². The third kappa shape index (κ3) is 4.45. The number of nitrogens with zero attached hydrogens (tertiary/aromatic N) is 1. The van der Waals surface area contributed by atoms with Gasteiger partial charge in [-0.15, -0.1) is 0 Å². The van der Waals surface area contributed by atoms with E-state index < -0.39 is 11.9 Å². The van der Waals surface area contributed by atoms with Crippen LogP contribution in [0, 0.1) is 6.92 Å². The summed E-state index contributed by atoms with van der Waals surface area (Å²) in [5.41, 5.74) is 0.622. The van der Waals surface area contributed by atoms with Crippen molar-refractivity contribution in [3.8, 4) is 11.5 Å². The third-order valence-corrected chi connectivity index (χ3v) is 4.25. The Bertz CT molecular complexity index is 1020. The van der Waals surface area contributed by atoms with E-state index in [1.54, 1.807) is 55.5 Å². The van der Waals surface area contributed by atoms with Crippen LogP contribution in [-0.4, -0.2) is 16.9 Å². The number of carbonyl (C=O) groups excluding carboxylic acids is 2. The van der Waals surface area contributed by atoms with Crippen molar-refractivity contribution in [1.82, 2.24) is 4.98 Å². The minimum absolute atomic E-state index is 0.0895. The Hall–Kier alpha value is -2.89. The van der Waals surface area contributed by atoms with Crippen LogP contribution in [-0.2, 0) is 0 Å². The molecule has 0 unspecified atom stereocenters. The number of hydrogen-bond acceptors (Lipinski definition) is 5. The molecular weight excluding hydrogens is 389 g/mol. The number of para-hydroxylation sites is 2. The topological polar surface area (TPSA) is 65.5 Å². The molecule has 0 fully saturated rings. The molecule has 3 rings (SSSR count). The van der Waals surface area contributed by atoms with Crippen LogP contribution >= 0.6 is 23.2 Å². The average Bonchev–Trinajstić information content (AvgIpc) is 2.65. The molecule has 7 heteroatoms. The van der Waals surface area contributed by atoms with Crippen LogP contribution in [0.4, 0.5) is 0 Å². The number of benzene rings is 2. The minimum atomic E-state index is -0.692. The van der Waals surface area contributed by atoms with Gasteiger partial charge in [0.25, 0.3) is 0 Å². The van der Waals surface area contributed by atoms with Crippen LogP contribution in [0.25, 0.3) is 0 Å². The summed E-state index contributed by atoms with van der Waals surface area (Å²) in [7, 11) is 0. The maximum absolute atomic E-state index is 12.5. The Morgan fingerprint density at radius 2 is 1.37 bits per heavy atom. The van der Waals surface area contributed by atoms with Crippen molar-refractivity contribution in [2.24, 2.45) is 0 Å². The first-order valence-corrected chi connectivity index (χ1v) is 8.61. The van der Waals surface area contributed by atoms with Crippen molar-refractivity contribution in [2.75, 3.05) is 0 Å². The highest BCUT2D eigenvalue weighted by Crippen LogP contribution is 2.26. The highest BCUT2D eigenvalue weighted by atomic mass is 35.5. The molecule has 2 aromatic carbocycles. The Labute approximate surface area is 165 Å². The quantitative estimate of drug-likeness (QED) is 0.447. The number of carbonyl (C=O) groups is 2. The summed E-state index contributed by atoms with van der Waals surface area (Å²) in [5.74, 6) is -0.944. The number of esters is 2. The molecule has 0 radical (unpaired) electrons. The van der Waals surface area contributed by atoms with Gasteiger partial charge in [-0.2, -0.15) is 0 Å². The second-order valence-electron chi connectivity index (χ2n) is 5.50. The molecule has 0 aliphatic carbocycles. The van der Waals surface area contributed by atoms with E-state index in [1.807, 2.05) is 0 Å². The van der Waals surface area contributed by atoms with Crippen LogP contribution in [0.15, 0.2) is 60.8 Å². The summed E-state index contributed by atoms with van der Waals surface area (Å²) < 4.78 is 10.6. The van der Waals surface area contributed by atoms with E-state index in [2.05, 4.69) is 4.98 Å². The number of hydrogen-bond donors (Lipinski definition) is 0. The number of aromatic nitrogens is 1. The summed E-state index contributed by atoms with van der Waals surface area (Å²) in [4.78, 5) is 28.9. The van der Waals surface area contributed by atoms with Gasteiger partial charge in [0.15, 0.2) is 0 Å². The molecule has 5 nitrogen and oxygen atoms in total. The molecule has 0 aliphatic rings. The first-order valence-electron chi connectivity index (χ1n) is 7.86. The molecule has 0 saturated heterocycles. The monoisotopic (exact) mass is 401 g/mol. The SMILES string of the molecule is Cc1ncc(C(=O)Oc2ccccc2Cl)cc1C(=O)Oc1ccccc1Cl. The smallest absolute Gasteiger partial charge is 0.345 e. The average molecular weight is 402 g/mol. The third-order valence-electron chi connectivity index (χ3n) is 3.62. The first kappa shape index (κ1) is 18.9. The maximum Gasteiger partial charge on any atom is 0.345 e. The zero-order valence-corrected chi connectivity index (χ0v) is 15.6. The van der Waals surface area contributed by atoms with Crippen molar-refractivity contribution in [2.45, 2.75) is 6.92 Å². The lowest BCUT2D eigenvalue weighted by Gasteiger charge is -2.10. The van der Waals surface area contributed by atoms with E-state index in [1.165, 1.54) is 12.3 Å². The molecule has 0 amide bonds. The molecule has 1 aromatic heterocycles. The maximum atomic E-state index is 12.5. The van der Waals surface area contributed by atoms with Gasteiger partial charge in [-0.1, -0.05) is 47.5 Å². The number of ether oxygens (including phenoxy) is 2. The molecule has 0 saturated carbocycles. The highest BCUT2D eigenvalue weighted by Gasteiger charge is 2.19. The lowest BCUT2D eigenvalue weighted by Crippen LogP contribution is -2.15. The van der Waals surface area contributed by atoms with Gasteiger partial charge < -0.3 is 9.47 Å². The van der Waals surface area contributed by atoms with E-state index in [9.17, 15) is 9.59 Å². The summed E-state index contributed by atoms with van der Waals surface area (Å²) in [6.07, 6.45) is 1.32. The van der Waals surface area contributed by atoms with Crippen molar-refractivity contribution >= 4 is 35.1 Å².